The van der Waals surface area contributed by atoms with Gasteiger partial charge in [-0.1, -0.05) is 6.07 Å². The van der Waals surface area contributed by atoms with E-state index in [9.17, 15) is 9.90 Å². The Morgan fingerprint density at radius 2 is 2.09 bits per heavy atom. The van der Waals surface area contributed by atoms with Crippen LogP contribution in [0.25, 0.3) is 10.9 Å². The van der Waals surface area contributed by atoms with Crippen LogP contribution in [0.1, 0.15) is 42.3 Å². The molecular formula is C26H30N4O3. The van der Waals surface area contributed by atoms with Gasteiger partial charge < -0.3 is 19.7 Å². The van der Waals surface area contributed by atoms with Crippen molar-refractivity contribution in [2.24, 2.45) is 5.92 Å². The van der Waals surface area contributed by atoms with E-state index in [-0.39, 0.29) is 24.0 Å². The number of fused-ring (bicyclic) bond motifs is 4. The normalized spacial score (nSPS) is 21.8. The number of nitrogens with zero attached hydrogens (tertiary/aromatic N) is 3. The van der Waals surface area contributed by atoms with E-state index < -0.39 is 0 Å². The first-order valence-electron chi connectivity index (χ1n) is 11.8. The Morgan fingerprint density at radius 1 is 1.24 bits per heavy atom. The molecule has 1 aromatic carbocycles. The van der Waals surface area contributed by atoms with Gasteiger partial charge in [-0.25, -0.2) is 0 Å². The number of hydrogen-bond donors (Lipinski definition) is 2. The molecule has 1 aliphatic carbocycles. The van der Waals surface area contributed by atoms with Crippen LogP contribution in [-0.2, 0) is 16.8 Å². The van der Waals surface area contributed by atoms with Gasteiger partial charge in [0.2, 0.25) is 5.91 Å². The number of amides is 1. The number of aromatic nitrogens is 2. The molecule has 0 radical (unpaired) electrons. The van der Waals surface area contributed by atoms with Gasteiger partial charge in [-0.05, 0) is 48.6 Å². The molecule has 2 fully saturated rings. The van der Waals surface area contributed by atoms with Crippen molar-refractivity contribution in [1.29, 1.82) is 0 Å². The third-order valence-corrected chi connectivity index (χ3v) is 7.61. The maximum absolute atomic E-state index is 12.8. The molecule has 3 aromatic rings. The quantitative estimate of drug-likeness (QED) is 0.608. The van der Waals surface area contributed by atoms with Gasteiger partial charge in [-0.3, -0.25) is 14.7 Å². The minimum atomic E-state index is -0.151. The summed E-state index contributed by atoms with van der Waals surface area (Å²) in [5.74, 6) is 1.68. The predicted octanol–water partition coefficient (Wildman–Crippen LogP) is 3.00. The molecule has 2 aromatic heterocycles. The van der Waals surface area contributed by atoms with Crippen LogP contribution in [-0.4, -0.2) is 64.1 Å². The number of rotatable bonds is 6. The Labute approximate surface area is 193 Å². The van der Waals surface area contributed by atoms with E-state index in [4.69, 9.17) is 4.74 Å². The van der Waals surface area contributed by atoms with Crippen LogP contribution in [0.2, 0.25) is 0 Å². The van der Waals surface area contributed by atoms with E-state index in [1.54, 1.807) is 7.11 Å². The molecule has 1 saturated carbocycles. The van der Waals surface area contributed by atoms with Gasteiger partial charge in [0.1, 0.15) is 5.75 Å². The maximum Gasteiger partial charge on any atom is 0.222 e. The zero-order valence-corrected chi connectivity index (χ0v) is 19.0. The summed E-state index contributed by atoms with van der Waals surface area (Å²) in [6.07, 6.45) is 4.88. The lowest BCUT2D eigenvalue weighted by Gasteiger charge is -2.56. The number of hydrogen-bond acceptors (Lipinski definition) is 5. The fourth-order valence-electron chi connectivity index (χ4n) is 5.80. The van der Waals surface area contributed by atoms with E-state index in [1.165, 1.54) is 18.4 Å². The van der Waals surface area contributed by atoms with Crippen molar-refractivity contribution in [3.63, 3.8) is 0 Å². The summed E-state index contributed by atoms with van der Waals surface area (Å²) < 4.78 is 5.45. The Morgan fingerprint density at radius 3 is 2.79 bits per heavy atom. The average molecular weight is 447 g/mol. The summed E-state index contributed by atoms with van der Waals surface area (Å²) >= 11 is 0. The number of likely N-dealkylation sites (tertiary alicyclic amines) is 1. The van der Waals surface area contributed by atoms with Crippen molar-refractivity contribution in [3.05, 3.63) is 59.5 Å². The number of ether oxygens (including phenoxy) is 1. The van der Waals surface area contributed by atoms with Crippen molar-refractivity contribution < 1.29 is 14.6 Å². The standard InChI is InChI=1S/C26H30N4O3/c1-33-19-7-8-20-21(11-19)28-25-22(13-31)29(12-18-4-2-3-9-27-18)14-26(24(20)25)15-30(16-26)23(32)10-17-5-6-17/h2-4,7-9,11,17,22,28,31H,5-6,10,12-16H2,1H3/t22-/m0/s1. The second-order valence-electron chi connectivity index (χ2n) is 9.93. The molecule has 1 amide bonds. The van der Waals surface area contributed by atoms with Gasteiger partial charge in [0, 0.05) is 66.9 Å². The molecule has 2 aliphatic heterocycles. The van der Waals surface area contributed by atoms with Crippen LogP contribution in [0.5, 0.6) is 5.75 Å². The van der Waals surface area contributed by atoms with Gasteiger partial charge in [-0.2, -0.15) is 0 Å². The second kappa shape index (κ2) is 7.85. The molecule has 1 atom stereocenters. The second-order valence-corrected chi connectivity index (χ2v) is 9.93. The van der Waals surface area contributed by atoms with Crippen molar-refractivity contribution in [3.8, 4) is 5.75 Å². The number of aliphatic hydroxyl groups excluding tert-OH is 1. The molecule has 0 bridgehead atoms. The van der Waals surface area contributed by atoms with Crippen molar-refractivity contribution in [2.45, 2.75) is 37.3 Å². The number of methoxy groups -OCH3 is 1. The molecule has 1 saturated heterocycles. The van der Waals surface area contributed by atoms with Gasteiger partial charge >= 0.3 is 0 Å². The van der Waals surface area contributed by atoms with Crippen LogP contribution in [0, 0.1) is 5.92 Å². The Kier molecular flexibility index (Phi) is 4.92. The van der Waals surface area contributed by atoms with E-state index in [0.29, 0.717) is 18.9 Å². The minimum absolute atomic E-state index is 0.0181. The van der Waals surface area contributed by atoms with Crippen molar-refractivity contribution in [2.75, 3.05) is 33.4 Å². The molecule has 7 heteroatoms. The highest BCUT2D eigenvalue weighted by Gasteiger charge is 2.54. The summed E-state index contributed by atoms with van der Waals surface area (Å²) in [6.45, 7) is 2.91. The van der Waals surface area contributed by atoms with Crippen molar-refractivity contribution in [1.82, 2.24) is 19.8 Å². The molecule has 7 nitrogen and oxygen atoms in total. The smallest absolute Gasteiger partial charge is 0.222 e. The van der Waals surface area contributed by atoms with Crippen LogP contribution < -0.4 is 4.74 Å². The van der Waals surface area contributed by atoms with E-state index in [0.717, 1.165) is 47.7 Å². The molecule has 2 N–H and O–H groups in total. The van der Waals surface area contributed by atoms with Gasteiger partial charge in [0.05, 0.1) is 25.5 Å². The third-order valence-electron chi connectivity index (χ3n) is 7.61. The van der Waals surface area contributed by atoms with E-state index in [1.807, 2.05) is 41.4 Å². The van der Waals surface area contributed by atoms with Gasteiger partial charge in [0.25, 0.3) is 0 Å². The summed E-state index contributed by atoms with van der Waals surface area (Å²) in [6, 6.07) is 11.9. The number of H-pyrrole nitrogens is 1. The summed E-state index contributed by atoms with van der Waals surface area (Å²) in [5.41, 5.74) is 4.15. The zero-order valence-electron chi connectivity index (χ0n) is 19.0. The van der Waals surface area contributed by atoms with Crippen LogP contribution in [0.15, 0.2) is 42.6 Å². The fraction of sp³-hybridized carbons (Fsp3) is 0.462. The Balaban J connectivity index is 1.39. The minimum Gasteiger partial charge on any atom is -0.497 e. The van der Waals surface area contributed by atoms with E-state index >= 15 is 0 Å². The van der Waals surface area contributed by atoms with Gasteiger partial charge in [0.15, 0.2) is 0 Å². The number of pyridine rings is 1. The molecule has 3 aliphatic rings. The highest BCUT2D eigenvalue weighted by Crippen LogP contribution is 2.49. The first kappa shape index (κ1) is 20.7. The number of aliphatic hydroxyl groups is 1. The number of carbonyl (C=O) groups is 1. The number of benzene rings is 1. The fourth-order valence-corrected chi connectivity index (χ4v) is 5.80. The monoisotopic (exact) mass is 446 g/mol. The number of nitrogens with one attached hydrogen (secondary N) is 1. The maximum atomic E-state index is 12.8. The lowest BCUT2D eigenvalue weighted by molar-refractivity contribution is -0.141. The number of aromatic amines is 1. The van der Waals surface area contributed by atoms with Gasteiger partial charge in [-0.15, -0.1) is 0 Å². The first-order valence-corrected chi connectivity index (χ1v) is 11.8. The molecule has 6 rings (SSSR count). The number of carbonyl (C=O) groups excluding carboxylic acids is 1. The lowest BCUT2D eigenvalue weighted by Crippen LogP contribution is -2.67. The third kappa shape index (κ3) is 3.50. The molecule has 1 spiro atoms. The summed E-state index contributed by atoms with van der Waals surface area (Å²) in [7, 11) is 1.67. The Hall–Kier alpha value is -2.90. The predicted molar refractivity (Wildman–Crippen MR) is 125 cm³/mol. The molecular weight excluding hydrogens is 416 g/mol. The van der Waals surface area contributed by atoms with E-state index in [2.05, 4.69) is 20.9 Å². The summed E-state index contributed by atoms with van der Waals surface area (Å²) in [5, 5.41) is 11.6. The average Bonchev–Trinajstić information content (AvgIpc) is 3.54. The Bertz CT molecular complexity index is 1180. The van der Waals surface area contributed by atoms with Crippen LogP contribution in [0.3, 0.4) is 0 Å². The first-order chi connectivity index (χ1) is 16.1. The molecule has 172 valence electrons. The zero-order chi connectivity index (χ0) is 22.6. The SMILES string of the molecule is COc1ccc2c3c([nH]c2c1)[C@H](CO)N(Cc1ccccn1)CC31CN(C(=O)CC2CC2)C1. The largest absolute Gasteiger partial charge is 0.497 e. The van der Waals surface area contributed by atoms with Crippen LogP contribution >= 0.6 is 0 Å². The molecule has 33 heavy (non-hydrogen) atoms. The summed E-state index contributed by atoms with van der Waals surface area (Å²) in [4.78, 5) is 25.3. The molecule has 0 unspecified atom stereocenters. The molecule has 4 heterocycles. The highest BCUT2D eigenvalue weighted by molar-refractivity contribution is 5.89. The lowest BCUT2D eigenvalue weighted by atomic mass is 9.68. The topological polar surface area (TPSA) is 81.7 Å². The van der Waals surface area contributed by atoms with Crippen LogP contribution in [0.4, 0.5) is 0 Å². The van der Waals surface area contributed by atoms with Crippen molar-refractivity contribution >= 4 is 16.8 Å². The highest BCUT2D eigenvalue weighted by atomic mass is 16.5.